The van der Waals surface area contributed by atoms with Gasteiger partial charge in [0.2, 0.25) is 0 Å². The third-order valence-electron chi connectivity index (χ3n) is 5.26. The van der Waals surface area contributed by atoms with Crippen molar-refractivity contribution in [2.24, 2.45) is 4.99 Å². The normalized spacial score (nSPS) is 23.0. The smallest absolute Gasteiger partial charge is 0.194 e. The van der Waals surface area contributed by atoms with Crippen LogP contribution < -0.4 is 5.32 Å². The molecule has 2 fully saturated rings. The lowest BCUT2D eigenvalue weighted by Gasteiger charge is -2.37. The van der Waals surface area contributed by atoms with Crippen LogP contribution in [0.1, 0.15) is 29.7 Å². The lowest BCUT2D eigenvalue weighted by molar-refractivity contribution is -0.0817. The molecular formula is C21H30N4O2S2. The summed E-state index contributed by atoms with van der Waals surface area (Å²) < 4.78 is 11.8. The molecule has 158 valence electrons. The zero-order valence-corrected chi connectivity index (χ0v) is 18.9. The van der Waals surface area contributed by atoms with Crippen LogP contribution in [0.25, 0.3) is 10.6 Å². The molecule has 0 spiro atoms. The molecule has 29 heavy (non-hydrogen) atoms. The highest BCUT2D eigenvalue weighted by Gasteiger charge is 2.32. The standard InChI is InChI=1S/C21H30N4O2S2/c1-3-22-21(25-10-12-27-19(13-25)18-5-4-11-26-18)23-9-8-16-6-7-20(29-16)17-14-28-15(2)24-17/h6-7,14,18-19H,3-5,8-13H2,1-2H3,(H,22,23). The van der Waals surface area contributed by atoms with Gasteiger partial charge in [0.1, 0.15) is 6.10 Å². The Balaban J connectivity index is 1.35. The average molecular weight is 435 g/mol. The number of aromatic nitrogens is 1. The van der Waals surface area contributed by atoms with Crippen LogP contribution in [0.3, 0.4) is 0 Å². The quantitative estimate of drug-likeness (QED) is 0.556. The number of nitrogens with zero attached hydrogens (tertiary/aromatic N) is 3. The Morgan fingerprint density at radius 2 is 2.21 bits per heavy atom. The number of rotatable bonds is 6. The number of thiophene rings is 1. The second kappa shape index (κ2) is 10.0. The second-order valence-corrected chi connectivity index (χ2v) is 9.64. The molecule has 0 aromatic carbocycles. The number of guanidine groups is 1. The Morgan fingerprint density at radius 1 is 1.31 bits per heavy atom. The molecular weight excluding hydrogens is 404 g/mol. The van der Waals surface area contributed by atoms with Gasteiger partial charge >= 0.3 is 0 Å². The van der Waals surface area contributed by atoms with Crippen molar-refractivity contribution in [2.45, 2.75) is 45.3 Å². The maximum atomic E-state index is 5.99. The van der Waals surface area contributed by atoms with Crippen LogP contribution in [0.5, 0.6) is 0 Å². The lowest BCUT2D eigenvalue weighted by atomic mass is 10.1. The molecule has 4 heterocycles. The van der Waals surface area contributed by atoms with E-state index in [0.29, 0.717) is 0 Å². The maximum Gasteiger partial charge on any atom is 0.194 e. The summed E-state index contributed by atoms with van der Waals surface area (Å²) in [5, 5.41) is 6.70. The van der Waals surface area contributed by atoms with E-state index in [-0.39, 0.29) is 12.2 Å². The summed E-state index contributed by atoms with van der Waals surface area (Å²) in [6.07, 6.45) is 3.58. The van der Waals surface area contributed by atoms with Crippen LogP contribution in [0.15, 0.2) is 22.5 Å². The average Bonchev–Trinajstić information content (AvgIpc) is 3.49. The molecule has 8 heteroatoms. The molecule has 6 nitrogen and oxygen atoms in total. The first-order valence-electron chi connectivity index (χ1n) is 10.5. The van der Waals surface area contributed by atoms with Gasteiger partial charge in [0.15, 0.2) is 5.96 Å². The summed E-state index contributed by atoms with van der Waals surface area (Å²) in [6, 6.07) is 4.39. The largest absolute Gasteiger partial charge is 0.375 e. The van der Waals surface area contributed by atoms with Gasteiger partial charge in [-0.15, -0.1) is 22.7 Å². The minimum atomic E-state index is 0.150. The van der Waals surface area contributed by atoms with Crippen LogP contribution in [0.2, 0.25) is 0 Å². The van der Waals surface area contributed by atoms with Gasteiger partial charge in [0.05, 0.1) is 28.3 Å². The van der Waals surface area contributed by atoms with Gasteiger partial charge in [0.25, 0.3) is 0 Å². The first-order chi connectivity index (χ1) is 14.2. The third-order valence-corrected chi connectivity index (χ3v) is 7.20. The van der Waals surface area contributed by atoms with E-state index in [9.17, 15) is 0 Å². The van der Waals surface area contributed by atoms with Crippen molar-refractivity contribution >= 4 is 28.6 Å². The molecule has 2 saturated heterocycles. The number of hydrogen-bond donors (Lipinski definition) is 1. The van der Waals surface area contributed by atoms with Crippen molar-refractivity contribution in [3.05, 3.63) is 27.4 Å². The number of morpholine rings is 1. The predicted molar refractivity (Wildman–Crippen MR) is 120 cm³/mol. The van der Waals surface area contributed by atoms with Crippen molar-refractivity contribution in [1.29, 1.82) is 0 Å². The van der Waals surface area contributed by atoms with Gasteiger partial charge in [-0.05, 0) is 38.8 Å². The Bertz CT molecular complexity index is 813. The number of hydrogen-bond acceptors (Lipinski definition) is 6. The number of aliphatic imine (C=N–C) groups is 1. The zero-order valence-electron chi connectivity index (χ0n) is 17.2. The molecule has 2 unspecified atom stereocenters. The molecule has 0 aliphatic carbocycles. The molecule has 4 rings (SSSR count). The van der Waals surface area contributed by atoms with E-state index in [1.54, 1.807) is 11.3 Å². The molecule has 2 aliphatic heterocycles. The highest BCUT2D eigenvalue weighted by atomic mass is 32.1. The first kappa shape index (κ1) is 20.8. The van der Waals surface area contributed by atoms with Gasteiger partial charge in [-0.25, -0.2) is 4.98 Å². The van der Waals surface area contributed by atoms with E-state index in [4.69, 9.17) is 14.5 Å². The van der Waals surface area contributed by atoms with Crippen LogP contribution in [-0.4, -0.2) is 67.4 Å². The van der Waals surface area contributed by atoms with Crippen molar-refractivity contribution in [3.63, 3.8) is 0 Å². The molecule has 2 atom stereocenters. The number of aryl methyl sites for hydroxylation is 1. The molecule has 2 aromatic rings. The van der Waals surface area contributed by atoms with Gasteiger partial charge < -0.3 is 19.7 Å². The van der Waals surface area contributed by atoms with Crippen molar-refractivity contribution in [1.82, 2.24) is 15.2 Å². The van der Waals surface area contributed by atoms with E-state index in [1.165, 1.54) is 9.75 Å². The van der Waals surface area contributed by atoms with Gasteiger partial charge in [-0.3, -0.25) is 4.99 Å². The topological polar surface area (TPSA) is 59.0 Å². The minimum Gasteiger partial charge on any atom is -0.375 e. The fourth-order valence-electron chi connectivity index (χ4n) is 3.81. The molecule has 0 bridgehead atoms. The van der Waals surface area contributed by atoms with Crippen LogP contribution in [-0.2, 0) is 15.9 Å². The lowest BCUT2D eigenvalue weighted by Crippen LogP contribution is -2.53. The summed E-state index contributed by atoms with van der Waals surface area (Å²) in [4.78, 5) is 14.4. The molecule has 2 aromatic heterocycles. The van der Waals surface area contributed by atoms with Crippen molar-refractivity contribution in [2.75, 3.05) is 39.4 Å². The van der Waals surface area contributed by atoms with Crippen molar-refractivity contribution in [3.8, 4) is 10.6 Å². The van der Waals surface area contributed by atoms with E-state index in [2.05, 4.69) is 46.6 Å². The van der Waals surface area contributed by atoms with Gasteiger partial charge in [-0.2, -0.15) is 0 Å². The van der Waals surface area contributed by atoms with Gasteiger partial charge in [-0.1, -0.05) is 0 Å². The third kappa shape index (κ3) is 5.36. The summed E-state index contributed by atoms with van der Waals surface area (Å²) in [7, 11) is 0. The van der Waals surface area contributed by atoms with E-state index >= 15 is 0 Å². The molecule has 1 N–H and O–H groups in total. The Morgan fingerprint density at radius 3 is 2.97 bits per heavy atom. The van der Waals surface area contributed by atoms with E-state index in [0.717, 1.165) is 75.3 Å². The van der Waals surface area contributed by atoms with Crippen molar-refractivity contribution < 1.29 is 9.47 Å². The maximum absolute atomic E-state index is 5.99. The first-order valence-corrected chi connectivity index (χ1v) is 12.2. The highest BCUT2D eigenvalue weighted by molar-refractivity contribution is 7.16. The predicted octanol–water partition coefficient (Wildman–Crippen LogP) is 3.57. The molecule has 0 saturated carbocycles. The zero-order chi connectivity index (χ0) is 20.1. The van der Waals surface area contributed by atoms with Crippen LogP contribution in [0, 0.1) is 6.92 Å². The molecule has 0 amide bonds. The highest BCUT2D eigenvalue weighted by Crippen LogP contribution is 2.29. The summed E-state index contributed by atoms with van der Waals surface area (Å²) in [6.45, 7) is 9.14. The number of thiazole rings is 1. The number of ether oxygens (including phenoxy) is 2. The summed E-state index contributed by atoms with van der Waals surface area (Å²) >= 11 is 3.52. The number of nitrogens with one attached hydrogen (secondary N) is 1. The minimum absolute atomic E-state index is 0.150. The van der Waals surface area contributed by atoms with Crippen LogP contribution in [0.4, 0.5) is 0 Å². The Labute approximate surface area is 181 Å². The molecule has 2 aliphatic rings. The summed E-state index contributed by atoms with van der Waals surface area (Å²) in [5.74, 6) is 0.991. The monoisotopic (exact) mass is 434 g/mol. The van der Waals surface area contributed by atoms with E-state index < -0.39 is 0 Å². The summed E-state index contributed by atoms with van der Waals surface area (Å²) in [5.41, 5.74) is 1.09. The fraction of sp³-hybridized carbons (Fsp3) is 0.619. The second-order valence-electron chi connectivity index (χ2n) is 7.41. The van der Waals surface area contributed by atoms with Crippen LogP contribution >= 0.6 is 22.7 Å². The molecule has 0 radical (unpaired) electrons. The Hall–Kier alpha value is -1.48. The van der Waals surface area contributed by atoms with Gasteiger partial charge in [0, 0.05) is 49.5 Å². The fourth-order valence-corrected chi connectivity index (χ4v) is 5.46. The van der Waals surface area contributed by atoms with E-state index in [1.807, 2.05) is 11.3 Å². The Kier molecular flexibility index (Phi) is 7.18. The SMILES string of the molecule is CCNC(=NCCc1ccc(-c2csc(C)n2)s1)N1CCOC(C2CCCO2)C1.